The molecular formula is C13H22O3. The molecule has 0 aromatic rings. The highest BCUT2D eigenvalue weighted by Crippen LogP contribution is 2.05. The van der Waals surface area contributed by atoms with Crippen molar-refractivity contribution in [1.82, 2.24) is 0 Å². The van der Waals surface area contributed by atoms with Gasteiger partial charge in [-0.2, -0.15) is 0 Å². The van der Waals surface area contributed by atoms with Crippen molar-refractivity contribution in [3.05, 3.63) is 12.2 Å². The highest BCUT2D eigenvalue weighted by molar-refractivity contribution is 5.69. The van der Waals surface area contributed by atoms with Crippen LogP contribution in [0.4, 0.5) is 0 Å². The second kappa shape index (κ2) is 12.0. The van der Waals surface area contributed by atoms with Crippen molar-refractivity contribution in [3.8, 4) is 0 Å². The smallest absolute Gasteiger partial charge is 0.305 e. The highest BCUT2D eigenvalue weighted by atomic mass is 16.5. The molecule has 0 spiro atoms. The minimum absolute atomic E-state index is 0.0862. The predicted molar refractivity (Wildman–Crippen MR) is 64.2 cm³/mol. The summed E-state index contributed by atoms with van der Waals surface area (Å²) < 4.78 is 5.03. The van der Waals surface area contributed by atoms with E-state index in [4.69, 9.17) is 4.74 Å². The Bertz CT molecular complexity index is 209. The summed E-state index contributed by atoms with van der Waals surface area (Å²) in [6.45, 7) is 2.62. The maximum absolute atomic E-state index is 11.2. The van der Waals surface area contributed by atoms with Gasteiger partial charge in [0.2, 0.25) is 0 Å². The molecule has 0 fully saturated rings. The summed E-state index contributed by atoms with van der Waals surface area (Å²) in [6, 6.07) is 0. The second-order valence-electron chi connectivity index (χ2n) is 3.74. The van der Waals surface area contributed by atoms with Crippen LogP contribution in [0.25, 0.3) is 0 Å². The molecule has 0 amide bonds. The molecular weight excluding hydrogens is 204 g/mol. The Balaban J connectivity index is 3.21. The first kappa shape index (κ1) is 14.9. The van der Waals surface area contributed by atoms with Crippen LogP contribution >= 0.6 is 0 Å². The molecule has 0 aliphatic carbocycles. The molecule has 16 heavy (non-hydrogen) atoms. The van der Waals surface area contributed by atoms with Crippen LogP contribution in [-0.4, -0.2) is 18.9 Å². The molecule has 0 bridgehead atoms. The fourth-order valence-corrected chi connectivity index (χ4v) is 1.26. The molecule has 0 N–H and O–H groups in total. The Kier molecular flexibility index (Phi) is 11.1. The largest absolute Gasteiger partial charge is 0.466 e. The Labute approximate surface area is 97.9 Å². The number of unbranched alkanes of at least 4 members (excludes halogenated alkanes) is 4. The third kappa shape index (κ3) is 11.0. The molecule has 0 rings (SSSR count). The molecule has 92 valence electrons. The maximum atomic E-state index is 11.2. The number of carbonyl (C=O) groups is 2. The van der Waals surface area contributed by atoms with Crippen LogP contribution in [0.1, 0.15) is 51.9 Å². The molecule has 0 aromatic carbocycles. The molecule has 0 atom stereocenters. The average molecular weight is 226 g/mol. The molecule has 0 aliphatic rings. The van der Waals surface area contributed by atoms with Gasteiger partial charge in [-0.15, -0.1) is 0 Å². The fraction of sp³-hybridized carbons (Fsp3) is 0.692. The van der Waals surface area contributed by atoms with Gasteiger partial charge in [-0.05, 0) is 31.8 Å². The molecule has 0 aliphatic heterocycles. The first-order chi connectivity index (χ1) is 7.81. The van der Waals surface area contributed by atoms with Crippen molar-refractivity contribution in [2.24, 2.45) is 0 Å². The average Bonchev–Trinajstić information content (AvgIpc) is 2.28. The zero-order chi connectivity index (χ0) is 12.1. The van der Waals surface area contributed by atoms with Crippen LogP contribution < -0.4 is 0 Å². The predicted octanol–water partition coefficient (Wildman–Crippen LogP) is 3.04. The first-order valence-corrected chi connectivity index (χ1v) is 6.07. The summed E-state index contributed by atoms with van der Waals surface area (Å²) in [7, 11) is 0. The Hall–Kier alpha value is -1.12. The third-order valence-corrected chi connectivity index (χ3v) is 2.23. The van der Waals surface area contributed by atoms with E-state index in [2.05, 4.69) is 6.92 Å². The number of esters is 1. The summed E-state index contributed by atoms with van der Waals surface area (Å²) in [4.78, 5) is 21.1. The minimum Gasteiger partial charge on any atom is -0.466 e. The van der Waals surface area contributed by atoms with Gasteiger partial charge in [0.1, 0.15) is 6.29 Å². The lowest BCUT2D eigenvalue weighted by Crippen LogP contribution is -2.05. The van der Waals surface area contributed by atoms with Gasteiger partial charge < -0.3 is 4.74 Å². The van der Waals surface area contributed by atoms with Crippen LogP contribution in [0.15, 0.2) is 12.2 Å². The fourth-order valence-electron chi connectivity index (χ4n) is 1.26. The normalized spacial score (nSPS) is 10.6. The van der Waals surface area contributed by atoms with Crippen molar-refractivity contribution in [3.63, 3.8) is 0 Å². The number of hydrogen-bond acceptors (Lipinski definition) is 3. The number of carbonyl (C=O) groups excluding carboxylic acids is 2. The van der Waals surface area contributed by atoms with E-state index in [-0.39, 0.29) is 5.97 Å². The van der Waals surface area contributed by atoms with Gasteiger partial charge in [0.05, 0.1) is 6.61 Å². The number of rotatable bonds is 10. The summed E-state index contributed by atoms with van der Waals surface area (Å²) in [5.74, 6) is -0.0862. The van der Waals surface area contributed by atoms with Crippen molar-refractivity contribution in [2.45, 2.75) is 51.9 Å². The standard InChI is InChI=1S/C13H22O3/c1-2-3-12-16-13(15)10-8-6-4-5-7-9-11-14/h7,9,11H,2-6,8,10,12H2,1H3/b9-7+. The van der Waals surface area contributed by atoms with E-state index in [9.17, 15) is 9.59 Å². The minimum atomic E-state index is -0.0862. The summed E-state index contributed by atoms with van der Waals surface area (Å²) in [6.07, 6.45) is 10.5. The van der Waals surface area contributed by atoms with Gasteiger partial charge in [-0.3, -0.25) is 9.59 Å². The second-order valence-corrected chi connectivity index (χ2v) is 3.74. The van der Waals surface area contributed by atoms with E-state index >= 15 is 0 Å². The Morgan fingerprint density at radius 2 is 2.00 bits per heavy atom. The van der Waals surface area contributed by atoms with Crippen molar-refractivity contribution >= 4 is 12.3 Å². The van der Waals surface area contributed by atoms with Gasteiger partial charge in [-0.25, -0.2) is 0 Å². The van der Waals surface area contributed by atoms with Gasteiger partial charge in [-0.1, -0.05) is 25.8 Å². The molecule has 0 saturated heterocycles. The molecule has 0 aromatic heterocycles. The molecule has 0 radical (unpaired) electrons. The van der Waals surface area contributed by atoms with Crippen LogP contribution in [0.5, 0.6) is 0 Å². The monoisotopic (exact) mass is 226 g/mol. The molecule has 0 unspecified atom stereocenters. The Morgan fingerprint density at radius 1 is 1.19 bits per heavy atom. The lowest BCUT2D eigenvalue weighted by atomic mass is 10.1. The molecule has 3 nitrogen and oxygen atoms in total. The van der Waals surface area contributed by atoms with E-state index in [1.807, 2.05) is 6.08 Å². The van der Waals surface area contributed by atoms with Gasteiger partial charge in [0.25, 0.3) is 0 Å². The maximum Gasteiger partial charge on any atom is 0.305 e. The van der Waals surface area contributed by atoms with E-state index < -0.39 is 0 Å². The molecule has 3 heteroatoms. The van der Waals surface area contributed by atoms with E-state index in [1.165, 1.54) is 6.08 Å². The zero-order valence-electron chi connectivity index (χ0n) is 10.1. The highest BCUT2D eigenvalue weighted by Gasteiger charge is 2.01. The number of aldehydes is 1. The zero-order valence-corrected chi connectivity index (χ0v) is 10.1. The van der Waals surface area contributed by atoms with Gasteiger partial charge in [0, 0.05) is 6.42 Å². The number of hydrogen-bond donors (Lipinski definition) is 0. The molecule has 0 saturated carbocycles. The first-order valence-electron chi connectivity index (χ1n) is 6.07. The van der Waals surface area contributed by atoms with E-state index in [0.29, 0.717) is 13.0 Å². The SMILES string of the molecule is CCCCOC(=O)CCCCC/C=C/C=O. The van der Waals surface area contributed by atoms with Gasteiger partial charge >= 0.3 is 5.97 Å². The lowest BCUT2D eigenvalue weighted by Gasteiger charge is -2.03. The summed E-state index contributed by atoms with van der Waals surface area (Å²) in [5.41, 5.74) is 0. The van der Waals surface area contributed by atoms with E-state index in [1.54, 1.807) is 0 Å². The van der Waals surface area contributed by atoms with Crippen molar-refractivity contribution < 1.29 is 14.3 Å². The van der Waals surface area contributed by atoms with E-state index in [0.717, 1.165) is 44.8 Å². The van der Waals surface area contributed by atoms with Crippen molar-refractivity contribution in [1.29, 1.82) is 0 Å². The van der Waals surface area contributed by atoms with Gasteiger partial charge in [0.15, 0.2) is 0 Å². The lowest BCUT2D eigenvalue weighted by molar-refractivity contribution is -0.143. The number of allylic oxidation sites excluding steroid dienone is 2. The number of ether oxygens (including phenoxy) is 1. The third-order valence-electron chi connectivity index (χ3n) is 2.23. The van der Waals surface area contributed by atoms with Crippen LogP contribution in [0.2, 0.25) is 0 Å². The topological polar surface area (TPSA) is 43.4 Å². The van der Waals surface area contributed by atoms with Crippen molar-refractivity contribution in [2.75, 3.05) is 6.61 Å². The van der Waals surface area contributed by atoms with Crippen LogP contribution in [-0.2, 0) is 14.3 Å². The summed E-state index contributed by atoms with van der Waals surface area (Å²) in [5, 5.41) is 0. The molecule has 0 heterocycles. The van der Waals surface area contributed by atoms with Crippen LogP contribution in [0, 0.1) is 0 Å². The quantitative estimate of drug-likeness (QED) is 0.249. The summed E-state index contributed by atoms with van der Waals surface area (Å²) >= 11 is 0. The van der Waals surface area contributed by atoms with Crippen LogP contribution in [0.3, 0.4) is 0 Å². The Morgan fingerprint density at radius 3 is 2.69 bits per heavy atom.